The normalized spacial score (nSPS) is 10.2. The Morgan fingerprint density at radius 1 is 1.17 bits per heavy atom. The van der Waals surface area contributed by atoms with Crippen LogP contribution in [0.25, 0.3) is 0 Å². The van der Waals surface area contributed by atoms with Crippen molar-refractivity contribution in [3.63, 3.8) is 0 Å². The van der Waals surface area contributed by atoms with E-state index in [0.29, 0.717) is 18.7 Å². The highest BCUT2D eigenvalue weighted by Gasteiger charge is 1.99. The van der Waals surface area contributed by atoms with Crippen molar-refractivity contribution < 1.29 is 4.79 Å². The number of nitrogens with zero attached hydrogens (tertiary/aromatic N) is 2. The molecule has 0 spiro atoms. The van der Waals surface area contributed by atoms with Gasteiger partial charge in [0.25, 0.3) is 0 Å². The number of amides is 1. The smallest absolute Gasteiger partial charge is 0.248 e. The van der Waals surface area contributed by atoms with Gasteiger partial charge in [0.15, 0.2) is 0 Å². The highest BCUT2D eigenvalue weighted by molar-refractivity contribution is 5.92. The average molecular weight is 242 g/mol. The fourth-order valence-corrected chi connectivity index (χ4v) is 1.55. The molecule has 1 aromatic carbocycles. The van der Waals surface area contributed by atoms with E-state index in [-0.39, 0.29) is 0 Å². The van der Waals surface area contributed by atoms with Crippen molar-refractivity contribution in [2.75, 3.05) is 0 Å². The summed E-state index contributed by atoms with van der Waals surface area (Å²) >= 11 is 0. The average Bonchev–Trinajstić information content (AvgIpc) is 2.40. The summed E-state index contributed by atoms with van der Waals surface area (Å²) < 4.78 is 0. The minimum absolute atomic E-state index is 0.408. The van der Waals surface area contributed by atoms with Gasteiger partial charge in [-0.1, -0.05) is 12.1 Å². The molecule has 3 N–H and O–H groups in total. The largest absolute Gasteiger partial charge is 0.366 e. The lowest BCUT2D eigenvalue weighted by molar-refractivity contribution is 0.100. The second kappa shape index (κ2) is 5.88. The van der Waals surface area contributed by atoms with Crippen molar-refractivity contribution in [3.05, 3.63) is 59.4 Å². The summed E-state index contributed by atoms with van der Waals surface area (Å²) in [7, 11) is 0. The van der Waals surface area contributed by atoms with Gasteiger partial charge >= 0.3 is 0 Å². The first kappa shape index (κ1) is 12.2. The zero-order valence-corrected chi connectivity index (χ0v) is 9.84. The maximum Gasteiger partial charge on any atom is 0.248 e. The van der Waals surface area contributed by atoms with Crippen LogP contribution < -0.4 is 11.1 Å². The van der Waals surface area contributed by atoms with Gasteiger partial charge in [0.1, 0.15) is 0 Å². The van der Waals surface area contributed by atoms with E-state index in [0.717, 1.165) is 11.3 Å². The van der Waals surface area contributed by atoms with E-state index >= 15 is 0 Å². The van der Waals surface area contributed by atoms with Gasteiger partial charge in [-0.3, -0.25) is 4.79 Å². The third-order valence-electron chi connectivity index (χ3n) is 2.50. The molecule has 5 nitrogen and oxygen atoms in total. The Morgan fingerprint density at radius 3 is 2.56 bits per heavy atom. The Balaban J connectivity index is 1.85. The van der Waals surface area contributed by atoms with Gasteiger partial charge in [-0.2, -0.15) is 10.2 Å². The van der Waals surface area contributed by atoms with Gasteiger partial charge in [-0.15, -0.1) is 0 Å². The number of aromatic nitrogens is 2. The second-order valence-corrected chi connectivity index (χ2v) is 3.88. The van der Waals surface area contributed by atoms with Crippen molar-refractivity contribution in [3.8, 4) is 0 Å². The molecule has 0 saturated heterocycles. The molecule has 1 amide bonds. The van der Waals surface area contributed by atoms with Crippen molar-refractivity contribution in [1.29, 1.82) is 0 Å². The third kappa shape index (κ3) is 3.36. The van der Waals surface area contributed by atoms with Crippen LogP contribution in [-0.4, -0.2) is 16.1 Å². The van der Waals surface area contributed by atoms with Crippen LogP contribution in [0.1, 0.15) is 21.6 Å². The molecule has 0 bridgehead atoms. The molecule has 0 atom stereocenters. The Hall–Kier alpha value is -2.27. The fraction of sp³-hybridized carbons (Fsp3) is 0.154. The first-order valence-corrected chi connectivity index (χ1v) is 5.62. The Morgan fingerprint density at radius 2 is 1.94 bits per heavy atom. The van der Waals surface area contributed by atoms with E-state index in [1.54, 1.807) is 18.3 Å². The molecule has 0 aliphatic heterocycles. The van der Waals surface area contributed by atoms with E-state index in [9.17, 15) is 4.79 Å². The summed E-state index contributed by atoms with van der Waals surface area (Å²) in [5.74, 6) is -0.408. The molecule has 0 unspecified atom stereocenters. The van der Waals surface area contributed by atoms with Crippen LogP contribution in [0.3, 0.4) is 0 Å². The number of benzene rings is 1. The number of nitrogens with one attached hydrogen (secondary N) is 1. The lowest BCUT2D eigenvalue weighted by Gasteiger charge is -2.04. The Labute approximate surface area is 105 Å². The highest BCUT2D eigenvalue weighted by Crippen LogP contribution is 2.03. The predicted octanol–water partition coefficient (Wildman–Crippen LogP) is 0.865. The lowest BCUT2D eigenvalue weighted by atomic mass is 10.1. The van der Waals surface area contributed by atoms with Crippen LogP contribution in [0.2, 0.25) is 0 Å². The fourth-order valence-electron chi connectivity index (χ4n) is 1.55. The molecule has 0 aliphatic carbocycles. The summed E-state index contributed by atoms with van der Waals surface area (Å²) in [6.07, 6.45) is 1.64. The van der Waals surface area contributed by atoms with Gasteiger partial charge in [0.05, 0.1) is 5.69 Å². The molecular formula is C13H14N4O. The number of primary amides is 1. The molecule has 1 aromatic heterocycles. The SMILES string of the molecule is NC(=O)c1ccc(CNCc2cccnn2)cc1. The number of carbonyl (C=O) groups is 1. The standard InChI is InChI=1S/C13H14N4O/c14-13(18)11-5-3-10(4-6-11)8-15-9-12-2-1-7-16-17-12/h1-7,15H,8-9H2,(H2,14,18). The molecule has 0 saturated carbocycles. The van der Waals surface area contributed by atoms with Crippen LogP contribution in [0.15, 0.2) is 42.6 Å². The van der Waals surface area contributed by atoms with E-state index in [2.05, 4.69) is 15.5 Å². The van der Waals surface area contributed by atoms with Crippen LogP contribution in [-0.2, 0) is 13.1 Å². The van der Waals surface area contributed by atoms with Crippen LogP contribution >= 0.6 is 0 Å². The molecular weight excluding hydrogens is 228 g/mol. The zero-order valence-electron chi connectivity index (χ0n) is 9.84. The van der Waals surface area contributed by atoms with E-state index in [1.165, 1.54) is 0 Å². The maximum absolute atomic E-state index is 10.9. The Kier molecular flexibility index (Phi) is 3.98. The predicted molar refractivity (Wildman–Crippen MR) is 67.5 cm³/mol. The van der Waals surface area contributed by atoms with Gasteiger partial charge in [-0.25, -0.2) is 0 Å². The van der Waals surface area contributed by atoms with E-state index in [1.807, 2.05) is 24.3 Å². The van der Waals surface area contributed by atoms with Crippen molar-refractivity contribution >= 4 is 5.91 Å². The number of carbonyl (C=O) groups excluding carboxylic acids is 1. The molecule has 2 aromatic rings. The molecule has 0 aliphatic rings. The third-order valence-corrected chi connectivity index (χ3v) is 2.50. The molecule has 18 heavy (non-hydrogen) atoms. The molecule has 0 fully saturated rings. The summed E-state index contributed by atoms with van der Waals surface area (Å²) in [6, 6.07) is 11.0. The van der Waals surface area contributed by atoms with E-state index < -0.39 is 5.91 Å². The zero-order chi connectivity index (χ0) is 12.8. The summed E-state index contributed by atoms with van der Waals surface area (Å²) in [4.78, 5) is 10.9. The quantitative estimate of drug-likeness (QED) is 0.815. The number of hydrogen-bond acceptors (Lipinski definition) is 4. The van der Waals surface area contributed by atoms with Crippen molar-refractivity contribution in [1.82, 2.24) is 15.5 Å². The van der Waals surface area contributed by atoms with Crippen molar-refractivity contribution in [2.45, 2.75) is 13.1 Å². The van der Waals surface area contributed by atoms with Crippen LogP contribution in [0.5, 0.6) is 0 Å². The minimum Gasteiger partial charge on any atom is -0.366 e. The molecule has 2 rings (SSSR count). The summed E-state index contributed by atoms with van der Waals surface area (Å²) in [6.45, 7) is 1.36. The van der Waals surface area contributed by atoms with Crippen LogP contribution in [0, 0.1) is 0 Å². The van der Waals surface area contributed by atoms with Gasteiger partial charge in [0.2, 0.25) is 5.91 Å². The molecule has 1 heterocycles. The molecule has 5 heteroatoms. The molecule has 0 radical (unpaired) electrons. The first-order chi connectivity index (χ1) is 8.75. The molecule has 92 valence electrons. The van der Waals surface area contributed by atoms with Gasteiger partial charge in [-0.05, 0) is 29.8 Å². The van der Waals surface area contributed by atoms with E-state index in [4.69, 9.17) is 5.73 Å². The van der Waals surface area contributed by atoms with Crippen LogP contribution in [0.4, 0.5) is 0 Å². The number of rotatable bonds is 5. The lowest BCUT2D eigenvalue weighted by Crippen LogP contribution is -2.14. The Bertz CT molecular complexity index is 510. The first-order valence-electron chi connectivity index (χ1n) is 5.62. The maximum atomic E-state index is 10.9. The van der Waals surface area contributed by atoms with Crippen molar-refractivity contribution in [2.24, 2.45) is 5.73 Å². The van der Waals surface area contributed by atoms with Gasteiger partial charge < -0.3 is 11.1 Å². The summed E-state index contributed by atoms with van der Waals surface area (Å²) in [5, 5.41) is 11.0. The monoisotopic (exact) mass is 242 g/mol. The second-order valence-electron chi connectivity index (χ2n) is 3.88. The highest BCUT2D eigenvalue weighted by atomic mass is 16.1. The minimum atomic E-state index is -0.408. The number of hydrogen-bond donors (Lipinski definition) is 2. The van der Waals surface area contributed by atoms with Gasteiger partial charge in [0, 0.05) is 24.8 Å². The summed E-state index contributed by atoms with van der Waals surface area (Å²) in [5.41, 5.74) is 7.67. The number of nitrogens with two attached hydrogens (primary N) is 1. The topological polar surface area (TPSA) is 80.9 Å².